The summed E-state index contributed by atoms with van der Waals surface area (Å²) in [5.74, 6) is -1.23. The lowest BCUT2D eigenvalue weighted by atomic mass is 10.1. The Labute approximate surface area is 134 Å². The van der Waals surface area contributed by atoms with Gasteiger partial charge in [-0.15, -0.1) is 11.3 Å². The van der Waals surface area contributed by atoms with E-state index in [1.54, 1.807) is 0 Å². The van der Waals surface area contributed by atoms with Crippen LogP contribution in [0.15, 0.2) is 28.1 Å². The number of alkyl halides is 4. The van der Waals surface area contributed by atoms with E-state index in [0.29, 0.717) is 0 Å². The Bertz CT molecular complexity index is 614. The van der Waals surface area contributed by atoms with E-state index in [-0.39, 0.29) is 5.56 Å². The summed E-state index contributed by atoms with van der Waals surface area (Å²) in [5, 5.41) is 0. The zero-order valence-electron chi connectivity index (χ0n) is 10.1. The van der Waals surface area contributed by atoms with Gasteiger partial charge in [0, 0.05) is 10.4 Å². The van der Waals surface area contributed by atoms with Gasteiger partial charge in [0.25, 0.3) is 0 Å². The topological polar surface area (TPSA) is 0 Å². The van der Waals surface area contributed by atoms with Crippen LogP contribution in [0.5, 0.6) is 0 Å². The monoisotopic (exact) mass is 430 g/mol. The molecule has 1 aromatic heterocycles. The highest BCUT2D eigenvalue weighted by molar-refractivity contribution is 9.11. The Hall–Kier alpha value is -0.400. The van der Waals surface area contributed by atoms with Crippen LogP contribution in [-0.4, -0.2) is 0 Å². The Morgan fingerprint density at radius 2 is 1.90 bits per heavy atom. The minimum Gasteiger partial charge on any atom is -0.206 e. The van der Waals surface area contributed by atoms with Crippen LogP contribution in [0.25, 0.3) is 0 Å². The van der Waals surface area contributed by atoms with Crippen LogP contribution in [-0.2, 0) is 6.18 Å². The van der Waals surface area contributed by atoms with Gasteiger partial charge in [-0.3, -0.25) is 0 Å². The number of benzene rings is 1. The third-order valence-electron chi connectivity index (χ3n) is 2.73. The van der Waals surface area contributed by atoms with Gasteiger partial charge in [0.1, 0.15) is 5.82 Å². The first-order valence-corrected chi connectivity index (χ1v) is 8.00. The highest BCUT2D eigenvalue weighted by atomic mass is 79.9. The van der Waals surface area contributed by atoms with E-state index in [1.807, 2.05) is 13.0 Å². The molecule has 0 saturated heterocycles. The molecule has 2 aromatic rings. The molecule has 0 aliphatic heterocycles. The van der Waals surface area contributed by atoms with E-state index in [2.05, 4.69) is 31.9 Å². The first-order valence-electron chi connectivity index (χ1n) is 5.47. The van der Waals surface area contributed by atoms with Crippen LogP contribution in [0.4, 0.5) is 17.6 Å². The van der Waals surface area contributed by atoms with Gasteiger partial charge in [-0.2, -0.15) is 13.2 Å². The van der Waals surface area contributed by atoms with E-state index in [4.69, 9.17) is 0 Å². The minimum absolute atomic E-state index is 0.0198. The van der Waals surface area contributed by atoms with Crippen molar-refractivity contribution in [2.75, 3.05) is 0 Å². The number of hydrogen-bond donors (Lipinski definition) is 0. The quantitative estimate of drug-likeness (QED) is 0.378. The summed E-state index contributed by atoms with van der Waals surface area (Å²) in [4.78, 5) is 0.132. The Kier molecular flexibility index (Phi) is 4.61. The third-order valence-corrected chi connectivity index (χ3v) is 6.22. The second kappa shape index (κ2) is 5.77. The molecule has 0 fully saturated rings. The molecule has 7 heteroatoms. The van der Waals surface area contributed by atoms with E-state index in [9.17, 15) is 17.6 Å². The molecule has 0 aliphatic carbocycles. The smallest absolute Gasteiger partial charge is 0.206 e. The molecule has 2 rings (SSSR count). The van der Waals surface area contributed by atoms with Crippen molar-refractivity contribution < 1.29 is 17.6 Å². The molecule has 0 N–H and O–H groups in total. The fourth-order valence-electron chi connectivity index (χ4n) is 1.73. The number of halogens is 6. The van der Waals surface area contributed by atoms with Gasteiger partial charge < -0.3 is 0 Å². The van der Waals surface area contributed by atoms with Crippen LogP contribution in [0.2, 0.25) is 0 Å². The molecule has 0 bridgehead atoms. The van der Waals surface area contributed by atoms with E-state index in [1.165, 1.54) is 23.5 Å². The molecule has 0 spiro atoms. The van der Waals surface area contributed by atoms with Crippen molar-refractivity contribution in [3.8, 4) is 0 Å². The van der Waals surface area contributed by atoms with Crippen molar-refractivity contribution in [1.29, 1.82) is 0 Å². The molecule has 108 valence electrons. The van der Waals surface area contributed by atoms with E-state index in [0.717, 1.165) is 20.3 Å². The van der Waals surface area contributed by atoms with Crippen molar-refractivity contribution in [3.05, 3.63) is 55.4 Å². The fraction of sp³-hybridized carbons (Fsp3) is 0.231. The van der Waals surface area contributed by atoms with E-state index < -0.39 is 22.4 Å². The molecule has 0 amide bonds. The average molecular weight is 432 g/mol. The first-order chi connectivity index (χ1) is 9.21. The van der Waals surface area contributed by atoms with Crippen molar-refractivity contribution in [1.82, 2.24) is 0 Å². The summed E-state index contributed by atoms with van der Waals surface area (Å²) in [7, 11) is 0. The molecule has 1 heterocycles. The van der Waals surface area contributed by atoms with Crippen LogP contribution in [0.1, 0.15) is 26.4 Å². The number of rotatable bonds is 2. The maximum Gasteiger partial charge on any atom is 0.419 e. The van der Waals surface area contributed by atoms with Gasteiger partial charge in [0.05, 0.1) is 14.2 Å². The summed E-state index contributed by atoms with van der Waals surface area (Å²) in [6.45, 7) is 1.87. The molecule has 0 saturated carbocycles. The minimum atomic E-state index is -4.70. The third kappa shape index (κ3) is 3.09. The molecular weight excluding hydrogens is 424 g/mol. The lowest BCUT2D eigenvalue weighted by molar-refractivity contribution is -0.140. The molecule has 0 radical (unpaired) electrons. The summed E-state index contributed by atoms with van der Waals surface area (Å²) < 4.78 is 53.0. The molecular formula is C13H8Br2F4S. The maximum atomic E-state index is 14.1. The molecule has 1 atom stereocenters. The van der Waals surface area contributed by atoms with Gasteiger partial charge in [-0.25, -0.2) is 4.39 Å². The van der Waals surface area contributed by atoms with Gasteiger partial charge in [0.15, 0.2) is 0 Å². The molecule has 0 aliphatic rings. The predicted octanol–water partition coefficient (Wildman–Crippen LogP) is 6.46. The van der Waals surface area contributed by atoms with Crippen molar-refractivity contribution in [2.24, 2.45) is 0 Å². The average Bonchev–Trinajstić information content (AvgIpc) is 2.67. The lowest BCUT2D eigenvalue weighted by Gasteiger charge is -2.14. The van der Waals surface area contributed by atoms with Crippen molar-refractivity contribution >= 4 is 43.2 Å². The largest absolute Gasteiger partial charge is 0.419 e. The zero-order chi connectivity index (χ0) is 15.1. The molecule has 1 unspecified atom stereocenters. The summed E-state index contributed by atoms with van der Waals surface area (Å²) in [6.07, 6.45) is -4.70. The first kappa shape index (κ1) is 16.0. The van der Waals surface area contributed by atoms with Crippen LogP contribution < -0.4 is 0 Å². The van der Waals surface area contributed by atoms with Crippen LogP contribution in [0, 0.1) is 12.7 Å². The summed E-state index contributed by atoms with van der Waals surface area (Å²) >= 11 is 7.98. The predicted molar refractivity (Wildman–Crippen MR) is 78.9 cm³/mol. The summed E-state index contributed by atoms with van der Waals surface area (Å²) in [5.41, 5.74) is -0.304. The molecule has 0 nitrogen and oxygen atoms in total. The number of thiophene rings is 1. The maximum absolute atomic E-state index is 14.1. The van der Waals surface area contributed by atoms with Crippen molar-refractivity contribution in [2.45, 2.75) is 17.9 Å². The Morgan fingerprint density at radius 1 is 1.25 bits per heavy atom. The van der Waals surface area contributed by atoms with Gasteiger partial charge in [0.2, 0.25) is 0 Å². The number of hydrogen-bond acceptors (Lipinski definition) is 1. The van der Waals surface area contributed by atoms with Gasteiger partial charge in [-0.1, -0.05) is 28.1 Å². The van der Waals surface area contributed by atoms with E-state index >= 15 is 0 Å². The van der Waals surface area contributed by atoms with Crippen molar-refractivity contribution in [3.63, 3.8) is 0 Å². The highest BCUT2D eigenvalue weighted by Crippen LogP contribution is 2.42. The summed E-state index contributed by atoms with van der Waals surface area (Å²) in [6, 6.07) is 5.12. The molecule has 20 heavy (non-hydrogen) atoms. The van der Waals surface area contributed by atoms with Gasteiger partial charge in [-0.05, 0) is 40.5 Å². The highest BCUT2D eigenvalue weighted by Gasteiger charge is 2.35. The second-order valence-electron chi connectivity index (χ2n) is 4.17. The SMILES string of the molecule is Cc1cc(C(Br)c2cccc(C(F)(F)F)c2F)sc1Br. The Morgan fingerprint density at radius 3 is 2.40 bits per heavy atom. The standard InChI is InChI=1S/C13H8Br2F4S/c1-6-5-9(20-12(6)15)10(14)7-3-2-4-8(11(7)16)13(17,18)19/h2-5,10H,1H3. The Balaban J connectivity index is 2.48. The van der Waals surface area contributed by atoms with Crippen LogP contribution in [0.3, 0.4) is 0 Å². The zero-order valence-corrected chi connectivity index (χ0v) is 14.1. The fourth-order valence-corrected chi connectivity index (χ4v) is 4.06. The normalized spacial score (nSPS) is 13.6. The molecule has 1 aromatic carbocycles. The second-order valence-corrected chi connectivity index (χ2v) is 7.49. The number of aryl methyl sites for hydroxylation is 1. The lowest BCUT2D eigenvalue weighted by Crippen LogP contribution is -2.10. The van der Waals surface area contributed by atoms with Crippen LogP contribution >= 0.6 is 43.2 Å². The van der Waals surface area contributed by atoms with Gasteiger partial charge >= 0.3 is 6.18 Å².